The second kappa shape index (κ2) is 8.34. The van der Waals surface area contributed by atoms with Gasteiger partial charge in [0.1, 0.15) is 0 Å². The number of amides is 2. The number of hydrogen-bond acceptors (Lipinski definition) is 3. The van der Waals surface area contributed by atoms with Crippen LogP contribution in [0.4, 0.5) is 0 Å². The van der Waals surface area contributed by atoms with Gasteiger partial charge in [-0.1, -0.05) is 19.8 Å². The Hall–Kier alpha value is -1.36. The van der Waals surface area contributed by atoms with E-state index in [-0.39, 0.29) is 11.8 Å². The van der Waals surface area contributed by atoms with Gasteiger partial charge in [-0.15, -0.1) is 11.3 Å². The fourth-order valence-corrected chi connectivity index (χ4v) is 6.14. The highest BCUT2D eigenvalue weighted by Crippen LogP contribution is 2.34. The van der Waals surface area contributed by atoms with E-state index in [4.69, 9.17) is 0 Å². The third kappa shape index (κ3) is 4.08. The molecule has 0 bridgehead atoms. The zero-order valence-electron chi connectivity index (χ0n) is 16.5. The molecular weight excluding hydrogens is 356 g/mol. The van der Waals surface area contributed by atoms with Gasteiger partial charge >= 0.3 is 0 Å². The number of fused-ring (bicyclic) bond motifs is 1. The summed E-state index contributed by atoms with van der Waals surface area (Å²) in [4.78, 5) is 31.4. The molecule has 4 nitrogen and oxygen atoms in total. The molecule has 1 atom stereocenters. The molecule has 1 unspecified atom stereocenters. The number of nitrogens with zero attached hydrogens (tertiary/aromatic N) is 2. The maximum Gasteiger partial charge on any atom is 0.254 e. The van der Waals surface area contributed by atoms with E-state index in [1.165, 1.54) is 29.7 Å². The van der Waals surface area contributed by atoms with Gasteiger partial charge < -0.3 is 9.80 Å². The number of piperidine rings is 1. The van der Waals surface area contributed by atoms with Gasteiger partial charge in [-0.2, -0.15) is 0 Å². The summed E-state index contributed by atoms with van der Waals surface area (Å²) in [5.41, 5.74) is 2.25. The molecule has 2 saturated heterocycles. The molecule has 0 spiro atoms. The average molecular weight is 389 g/mol. The van der Waals surface area contributed by atoms with Crippen molar-refractivity contribution in [2.24, 2.45) is 11.8 Å². The van der Waals surface area contributed by atoms with E-state index in [2.05, 4.69) is 17.2 Å². The zero-order chi connectivity index (χ0) is 18.8. The van der Waals surface area contributed by atoms with Crippen LogP contribution in [-0.4, -0.2) is 47.8 Å². The molecule has 0 N–H and O–H groups in total. The second-order valence-electron chi connectivity index (χ2n) is 8.71. The maximum absolute atomic E-state index is 13.1. The largest absolute Gasteiger partial charge is 0.342 e. The van der Waals surface area contributed by atoms with Gasteiger partial charge in [-0.25, -0.2) is 0 Å². The fraction of sp³-hybridized carbons (Fsp3) is 0.727. The Morgan fingerprint density at radius 3 is 2.37 bits per heavy atom. The minimum atomic E-state index is 0.115. The van der Waals surface area contributed by atoms with Gasteiger partial charge in [0.05, 0.1) is 5.56 Å². The smallest absolute Gasteiger partial charge is 0.254 e. The van der Waals surface area contributed by atoms with Crippen molar-refractivity contribution < 1.29 is 9.59 Å². The quantitative estimate of drug-likeness (QED) is 0.764. The standard InChI is InChI=1S/C22H32N2O2S/c1-16-6-7-18-19(15-27-20(18)14-16)22(26)24-12-8-17(9-13-24)21(25)23-10-4-2-3-5-11-23/h15-17H,2-14H2,1H3. The summed E-state index contributed by atoms with van der Waals surface area (Å²) in [6, 6.07) is 0. The lowest BCUT2D eigenvalue weighted by molar-refractivity contribution is -0.136. The Morgan fingerprint density at radius 2 is 1.67 bits per heavy atom. The van der Waals surface area contributed by atoms with E-state index in [0.29, 0.717) is 5.91 Å². The highest BCUT2D eigenvalue weighted by molar-refractivity contribution is 7.10. The number of carbonyl (C=O) groups excluding carboxylic acids is 2. The van der Waals surface area contributed by atoms with Gasteiger partial charge in [0.15, 0.2) is 0 Å². The van der Waals surface area contributed by atoms with Crippen LogP contribution in [0.1, 0.15) is 72.7 Å². The Kier molecular flexibility index (Phi) is 5.86. The van der Waals surface area contributed by atoms with Crippen molar-refractivity contribution in [1.82, 2.24) is 9.80 Å². The number of hydrogen-bond donors (Lipinski definition) is 0. The SMILES string of the molecule is CC1CCc2c(C(=O)N3CCC(C(=O)N4CCCCCC4)CC3)csc2C1. The van der Waals surface area contributed by atoms with Gasteiger partial charge in [0, 0.05) is 42.4 Å². The first-order valence-corrected chi connectivity index (χ1v) is 11.7. The molecule has 2 aliphatic heterocycles. The van der Waals surface area contributed by atoms with Gasteiger partial charge in [0.2, 0.25) is 5.91 Å². The predicted molar refractivity (Wildman–Crippen MR) is 109 cm³/mol. The van der Waals surface area contributed by atoms with Crippen LogP contribution in [-0.2, 0) is 17.6 Å². The molecule has 148 valence electrons. The molecular formula is C22H32N2O2S. The Balaban J connectivity index is 1.35. The molecule has 2 fully saturated rings. The third-order valence-electron chi connectivity index (χ3n) is 6.68. The minimum absolute atomic E-state index is 0.115. The molecule has 0 saturated carbocycles. The summed E-state index contributed by atoms with van der Waals surface area (Å²) in [5, 5.41) is 2.08. The van der Waals surface area contributed by atoms with Crippen molar-refractivity contribution in [3.05, 3.63) is 21.4 Å². The van der Waals surface area contributed by atoms with Crippen LogP contribution < -0.4 is 0 Å². The van der Waals surface area contributed by atoms with E-state index < -0.39 is 0 Å². The van der Waals surface area contributed by atoms with Crippen LogP contribution in [0.25, 0.3) is 0 Å². The first-order valence-electron chi connectivity index (χ1n) is 10.8. The van der Waals surface area contributed by atoms with Crippen LogP contribution in [0.5, 0.6) is 0 Å². The Labute approximate surface area is 166 Å². The molecule has 5 heteroatoms. The van der Waals surface area contributed by atoms with Crippen LogP contribution in [0.3, 0.4) is 0 Å². The van der Waals surface area contributed by atoms with Crippen LogP contribution in [0, 0.1) is 11.8 Å². The average Bonchev–Trinajstić information content (AvgIpc) is 2.91. The van der Waals surface area contributed by atoms with Crippen molar-refractivity contribution in [3.8, 4) is 0 Å². The maximum atomic E-state index is 13.1. The van der Waals surface area contributed by atoms with Gasteiger partial charge in [0.25, 0.3) is 5.91 Å². The predicted octanol–water partition coefficient (Wildman–Crippen LogP) is 4.13. The lowest BCUT2D eigenvalue weighted by Gasteiger charge is -2.34. The van der Waals surface area contributed by atoms with Gasteiger partial charge in [-0.3, -0.25) is 9.59 Å². The number of likely N-dealkylation sites (tertiary alicyclic amines) is 2. The Bertz CT molecular complexity index is 682. The Morgan fingerprint density at radius 1 is 0.963 bits per heavy atom. The summed E-state index contributed by atoms with van der Waals surface area (Å²) >= 11 is 1.77. The topological polar surface area (TPSA) is 40.6 Å². The van der Waals surface area contributed by atoms with Crippen molar-refractivity contribution in [3.63, 3.8) is 0 Å². The van der Waals surface area contributed by atoms with Crippen molar-refractivity contribution in [2.75, 3.05) is 26.2 Å². The molecule has 2 amide bonds. The summed E-state index contributed by atoms with van der Waals surface area (Å²) < 4.78 is 0. The summed E-state index contributed by atoms with van der Waals surface area (Å²) in [6.45, 7) is 5.61. The molecule has 27 heavy (non-hydrogen) atoms. The van der Waals surface area contributed by atoms with Crippen molar-refractivity contribution in [2.45, 2.75) is 64.7 Å². The van der Waals surface area contributed by atoms with Crippen LogP contribution in [0.15, 0.2) is 5.38 Å². The highest BCUT2D eigenvalue weighted by Gasteiger charge is 2.32. The molecule has 3 heterocycles. The van der Waals surface area contributed by atoms with Crippen molar-refractivity contribution >= 4 is 23.2 Å². The molecule has 1 aliphatic carbocycles. The van der Waals surface area contributed by atoms with Crippen LogP contribution >= 0.6 is 11.3 Å². The van der Waals surface area contributed by atoms with E-state index in [9.17, 15) is 9.59 Å². The lowest BCUT2D eigenvalue weighted by Crippen LogP contribution is -2.44. The molecule has 0 aromatic carbocycles. The first kappa shape index (κ1) is 19.0. The normalized spacial score (nSPS) is 24.4. The second-order valence-corrected chi connectivity index (χ2v) is 9.67. The van der Waals surface area contributed by atoms with Gasteiger partial charge in [-0.05, 0) is 56.4 Å². The zero-order valence-corrected chi connectivity index (χ0v) is 17.4. The van der Waals surface area contributed by atoms with E-state index in [1.54, 1.807) is 11.3 Å². The minimum Gasteiger partial charge on any atom is -0.342 e. The van der Waals surface area contributed by atoms with E-state index in [1.807, 2.05) is 4.90 Å². The van der Waals surface area contributed by atoms with Crippen LogP contribution in [0.2, 0.25) is 0 Å². The summed E-state index contributed by atoms with van der Waals surface area (Å²) in [6.07, 6.45) is 9.80. The highest BCUT2D eigenvalue weighted by atomic mass is 32.1. The first-order chi connectivity index (χ1) is 13.1. The molecule has 4 rings (SSSR count). The number of thiophene rings is 1. The summed E-state index contributed by atoms with van der Waals surface area (Å²) in [7, 11) is 0. The van der Waals surface area contributed by atoms with E-state index in [0.717, 1.165) is 76.2 Å². The third-order valence-corrected chi connectivity index (χ3v) is 7.73. The molecule has 3 aliphatic rings. The summed E-state index contributed by atoms with van der Waals surface area (Å²) in [5.74, 6) is 1.39. The number of rotatable bonds is 2. The molecule has 1 aromatic rings. The number of carbonyl (C=O) groups is 2. The molecule has 0 radical (unpaired) electrons. The fourth-order valence-electron chi connectivity index (χ4n) is 4.91. The van der Waals surface area contributed by atoms with Crippen molar-refractivity contribution in [1.29, 1.82) is 0 Å². The monoisotopic (exact) mass is 388 g/mol. The lowest BCUT2D eigenvalue weighted by atomic mass is 9.88. The molecule has 1 aromatic heterocycles. The van der Waals surface area contributed by atoms with E-state index >= 15 is 0 Å².